The van der Waals surface area contributed by atoms with Crippen LogP contribution in [0.15, 0.2) is 32.3 Å². The number of hydrogen-bond donors (Lipinski definition) is 4. The summed E-state index contributed by atoms with van der Waals surface area (Å²) in [7, 11) is 3.21. The first-order valence-electron chi connectivity index (χ1n) is 7.78. The maximum absolute atomic E-state index is 13.4. The van der Waals surface area contributed by atoms with Crippen molar-refractivity contribution in [2.24, 2.45) is 10.7 Å². The molecule has 0 aliphatic rings. The monoisotopic (exact) mass is 493 g/mol. The number of halogens is 2. The van der Waals surface area contributed by atoms with E-state index in [9.17, 15) is 9.18 Å². The maximum atomic E-state index is 13.4. The fourth-order valence-corrected chi connectivity index (χ4v) is 3.79. The Morgan fingerprint density at radius 2 is 2.14 bits per heavy atom. The molecule has 0 aliphatic carbocycles. The van der Waals surface area contributed by atoms with Gasteiger partial charge in [-0.05, 0) is 44.4 Å². The summed E-state index contributed by atoms with van der Waals surface area (Å²) in [5.41, 5.74) is 13.8. The van der Waals surface area contributed by atoms with Crippen molar-refractivity contribution in [2.75, 3.05) is 30.3 Å². The number of amides is 1. The van der Waals surface area contributed by atoms with Gasteiger partial charge in [0, 0.05) is 24.6 Å². The lowest BCUT2D eigenvalue weighted by Gasteiger charge is -2.09. The standard InChI is InChI=1S/C14H17BrFN7O3S2/c15-9-7-8(1-2-10(9)16)20-13(11-12(18)22-26-21-11)23-25-14(24)19-4-6-28-27-5-3-17/h1-2,7H,3-6,17H2,(H2,18,22)(H,19,24)(H,20,23). The minimum atomic E-state index is -0.729. The fourth-order valence-electron chi connectivity index (χ4n) is 1.66. The Morgan fingerprint density at radius 1 is 1.36 bits per heavy atom. The van der Waals surface area contributed by atoms with Crippen LogP contribution in [0.3, 0.4) is 0 Å². The van der Waals surface area contributed by atoms with Crippen molar-refractivity contribution < 1.29 is 18.7 Å². The Kier molecular flexibility index (Phi) is 9.33. The summed E-state index contributed by atoms with van der Waals surface area (Å²) < 4.78 is 18.1. The second-order valence-electron chi connectivity index (χ2n) is 4.91. The number of hydrogen-bond acceptors (Lipinski definition) is 10. The Bertz CT molecular complexity index is 824. The maximum Gasteiger partial charge on any atom is 0.431 e. The normalized spacial score (nSPS) is 11.3. The lowest BCUT2D eigenvalue weighted by atomic mass is 10.3. The molecule has 10 nitrogen and oxygen atoms in total. The SMILES string of the molecule is NCCSSCCNC(=O)ONC(=Nc1ccc(F)c(Br)c1)c1nonc1N. The molecule has 14 heteroatoms. The highest BCUT2D eigenvalue weighted by molar-refractivity contribution is 9.10. The number of nitrogens with one attached hydrogen (secondary N) is 2. The summed E-state index contributed by atoms with van der Waals surface area (Å²) in [5.74, 6) is 0.965. The molecule has 152 valence electrons. The molecule has 6 N–H and O–H groups in total. The number of nitrogens with two attached hydrogens (primary N) is 2. The van der Waals surface area contributed by atoms with Crippen LogP contribution >= 0.6 is 37.5 Å². The summed E-state index contributed by atoms with van der Waals surface area (Å²) in [6, 6.07) is 4.07. The summed E-state index contributed by atoms with van der Waals surface area (Å²) in [6.45, 7) is 0.998. The zero-order chi connectivity index (χ0) is 20.4. The highest BCUT2D eigenvalue weighted by Gasteiger charge is 2.16. The molecule has 0 spiro atoms. The van der Waals surface area contributed by atoms with Gasteiger partial charge in [-0.15, -0.1) is 0 Å². The van der Waals surface area contributed by atoms with Gasteiger partial charge in [0.1, 0.15) is 5.82 Å². The third-order valence-electron chi connectivity index (χ3n) is 2.86. The van der Waals surface area contributed by atoms with Gasteiger partial charge in [0.2, 0.25) is 0 Å². The van der Waals surface area contributed by atoms with E-state index in [4.69, 9.17) is 16.3 Å². The zero-order valence-electron chi connectivity index (χ0n) is 14.4. The highest BCUT2D eigenvalue weighted by Crippen LogP contribution is 2.23. The molecular weight excluding hydrogens is 477 g/mol. The Morgan fingerprint density at radius 3 is 2.82 bits per heavy atom. The van der Waals surface area contributed by atoms with Crippen LogP contribution in [-0.4, -0.2) is 46.8 Å². The predicted molar refractivity (Wildman–Crippen MR) is 111 cm³/mol. The van der Waals surface area contributed by atoms with Crippen molar-refractivity contribution in [3.8, 4) is 0 Å². The molecular formula is C14H17BrFN7O3S2. The number of nitrogens with zero attached hydrogens (tertiary/aromatic N) is 3. The summed E-state index contributed by atoms with van der Waals surface area (Å²) in [4.78, 5) is 20.9. The van der Waals surface area contributed by atoms with Crippen LogP contribution in [0.25, 0.3) is 0 Å². The number of benzene rings is 1. The van der Waals surface area contributed by atoms with Crippen molar-refractivity contribution in [2.45, 2.75) is 0 Å². The van der Waals surface area contributed by atoms with Crippen molar-refractivity contribution in [3.63, 3.8) is 0 Å². The van der Waals surface area contributed by atoms with Gasteiger partial charge in [-0.2, -0.15) is 5.48 Å². The summed E-state index contributed by atoms with van der Waals surface area (Å²) in [5, 5.41) is 9.63. The Balaban J connectivity index is 1.97. The van der Waals surface area contributed by atoms with E-state index in [1.165, 1.54) is 18.2 Å². The molecule has 1 amide bonds. The number of hydroxylamine groups is 1. The summed E-state index contributed by atoms with van der Waals surface area (Å²) >= 11 is 3.07. The van der Waals surface area contributed by atoms with Gasteiger partial charge in [-0.25, -0.2) is 18.8 Å². The number of aliphatic imine (C=N–C) groups is 1. The lowest BCUT2D eigenvalue weighted by Crippen LogP contribution is -2.35. The van der Waals surface area contributed by atoms with Crippen LogP contribution in [-0.2, 0) is 4.84 Å². The van der Waals surface area contributed by atoms with Gasteiger partial charge in [0.05, 0.1) is 10.2 Å². The summed E-state index contributed by atoms with van der Waals surface area (Å²) in [6.07, 6.45) is -0.729. The van der Waals surface area contributed by atoms with Gasteiger partial charge in [-0.1, -0.05) is 21.6 Å². The van der Waals surface area contributed by atoms with Gasteiger partial charge >= 0.3 is 6.09 Å². The van der Waals surface area contributed by atoms with Gasteiger partial charge < -0.3 is 21.6 Å². The van der Waals surface area contributed by atoms with Crippen molar-refractivity contribution in [1.29, 1.82) is 0 Å². The number of amidine groups is 1. The van der Waals surface area contributed by atoms with Crippen LogP contribution < -0.4 is 22.3 Å². The number of carbonyl (C=O) groups is 1. The van der Waals surface area contributed by atoms with E-state index in [0.29, 0.717) is 24.5 Å². The van der Waals surface area contributed by atoms with E-state index in [2.05, 4.69) is 46.7 Å². The van der Waals surface area contributed by atoms with E-state index >= 15 is 0 Å². The highest BCUT2D eigenvalue weighted by atomic mass is 79.9. The van der Waals surface area contributed by atoms with E-state index < -0.39 is 11.9 Å². The predicted octanol–water partition coefficient (Wildman–Crippen LogP) is 2.20. The minimum absolute atomic E-state index is 0.0296. The third-order valence-corrected chi connectivity index (χ3v) is 5.91. The van der Waals surface area contributed by atoms with E-state index in [-0.39, 0.29) is 21.8 Å². The second-order valence-corrected chi connectivity index (χ2v) is 8.46. The Hall–Kier alpha value is -2.03. The fraction of sp³-hybridized carbons (Fsp3) is 0.286. The zero-order valence-corrected chi connectivity index (χ0v) is 17.6. The molecule has 0 bridgehead atoms. The Labute approximate surface area is 175 Å². The average molecular weight is 494 g/mol. The first kappa shape index (κ1) is 22.3. The topological polar surface area (TPSA) is 154 Å². The van der Waals surface area contributed by atoms with Crippen LogP contribution in [0, 0.1) is 5.82 Å². The van der Waals surface area contributed by atoms with Gasteiger partial charge in [-0.3, -0.25) is 0 Å². The first-order valence-corrected chi connectivity index (χ1v) is 11.1. The molecule has 0 saturated carbocycles. The van der Waals surface area contributed by atoms with Crippen molar-refractivity contribution in [1.82, 2.24) is 21.1 Å². The molecule has 0 aliphatic heterocycles. The number of rotatable bonds is 8. The third kappa shape index (κ3) is 7.18. The minimum Gasteiger partial charge on any atom is -0.379 e. The smallest absolute Gasteiger partial charge is 0.379 e. The average Bonchev–Trinajstić information content (AvgIpc) is 3.10. The van der Waals surface area contributed by atoms with E-state index in [0.717, 1.165) is 5.75 Å². The molecule has 0 unspecified atom stereocenters. The second kappa shape index (κ2) is 11.7. The molecule has 0 fully saturated rings. The van der Waals surface area contributed by atoms with Crippen LogP contribution in [0.2, 0.25) is 0 Å². The number of aromatic nitrogens is 2. The van der Waals surface area contributed by atoms with Crippen molar-refractivity contribution in [3.05, 3.63) is 34.2 Å². The molecule has 2 rings (SSSR count). The lowest BCUT2D eigenvalue weighted by molar-refractivity contribution is 0.121. The van der Waals surface area contributed by atoms with Crippen LogP contribution in [0.5, 0.6) is 0 Å². The van der Waals surface area contributed by atoms with Gasteiger partial charge in [0.15, 0.2) is 17.3 Å². The first-order chi connectivity index (χ1) is 13.5. The molecule has 0 radical (unpaired) electrons. The quantitative estimate of drug-likeness (QED) is 0.141. The molecule has 1 aromatic carbocycles. The molecule has 0 saturated heterocycles. The van der Waals surface area contributed by atoms with Crippen molar-refractivity contribution >= 4 is 61.0 Å². The molecule has 2 aromatic rings. The number of carbonyl (C=O) groups excluding carboxylic acids is 1. The molecule has 28 heavy (non-hydrogen) atoms. The molecule has 0 atom stereocenters. The number of anilines is 1. The van der Waals surface area contributed by atoms with Gasteiger partial charge in [0.25, 0.3) is 0 Å². The molecule has 1 heterocycles. The van der Waals surface area contributed by atoms with E-state index in [1.54, 1.807) is 21.6 Å². The van der Waals surface area contributed by atoms with Crippen LogP contribution in [0.4, 0.5) is 20.7 Å². The largest absolute Gasteiger partial charge is 0.431 e. The number of nitrogen functional groups attached to an aromatic ring is 1. The molecule has 1 aromatic heterocycles. The van der Waals surface area contributed by atoms with E-state index in [1.807, 2.05) is 0 Å². The van der Waals surface area contributed by atoms with Crippen LogP contribution in [0.1, 0.15) is 5.69 Å².